The Labute approximate surface area is 116 Å². The van der Waals surface area contributed by atoms with E-state index in [9.17, 15) is 4.79 Å². The van der Waals surface area contributed by atoms with E-state index in [4.69, 9.17) is 4.52 Å². The van der Waals surface area contributed by atoms with Gasteiger partial charge in [0.15, 0.2) is 11.5 Å². The van der Waals surface area contributed by atoms with Crippen LogP contribution in [0.25, 0.3) is 0 Å². The van der Waals surface area contributed by atoms with Crippen LogP contribution in [0.2, 0.25) is 0 Å². The second-order valence-corrected chi connectivity index (χ2v) is 5.00. The number of rotatable bonds is 3. The number of fused-ring (bicyclic) bond motifs is 1. The van der Waals surface area contributed by atoms with Crippen molar-refractivity contribution >= 4 is 5.91 Å². The van der Waals surface area contributed by atoms with Crippen LogP contribution in [-0.4, -0.2) is 25.8 Å². The molecular weight excluding hydrogens is 258 g/mol. The van der Waals surface area contributed by atoms with Crippen molar-refractivity contribution in [3.8, 4) is 0 Å². The minimum Gasteiger partial charge on any atom is -0.361 e. The fourth-order valence-corrected chi connectivity index (χ4v) is 2.40. The van der Waals surface area contributed by atoms with Crippen LogP contribution < -0.4 is 5.32 Å². The van der Waals surface area contributed by atoms with Gasteiger partial charge >= 0.3 is 0 Å². The fraction of sp³-hybridized carbons (Fsp3) is 0.538. The summed E-state index contributed by atoms with van der Waals surface area (Å²) in [6, 6.07) is 1.61. The number of nitrogens with zero attached hydrogens (tertiary/aromatic N) is 4. The minimum atomic E-state index is -0.257. The highest BCUT2D eigenvalue weighted by molar-refractivity contribution is 5.92. The van der Waals surface area contributed by atoms with Crippen molar-refractivity contribution in [2.45, 2.75) is 45.7 Å². The summed E-state index contributed by atoms with van der Waals surface area (Å²) >= 11 is 0. The molecule has 0 spiro atoms. The van der Waals surface area contributed by atoms with Crippen LogP contribution in [-0.2, 0) is 19.5 Å². The summed E-state index contributed by atoms with van der Waals surface area (Å²) in [4.78, 5) is 11.9. The van der Waals surface area contributed by atoms with Gasteiger partial charge in [-0.1, -0.05) is 11.6 Å². The molecule has 20 heavy (non-hydrogen) atoms. The molecule has 7 nitrogen and oxygen atoms in total. The third kappa shape index (κ3) is 2.56. The van der Waals surface area contributed by atoms with E-state index in [1.54, 1.807) is 13.0 Å². The van der Waals surface area contributed by atoms with Crippen LogP contribution in [0.3, 0.4) is 0 Å². The number of carbonyl (C=O) groups excluding carboxylic acids is 1. The lowest BCUT2D eigenvalue weighted by molar-refractivity contribution is 0.0940. The van der Waals surface area contributed by atoms with Crippen LogP contribution in [0.4, 0.5) is 0 Å². The summed E-state index contributed by atoms with van der Waals surface area (Å²) in [5, 5.41) is 14.9. The van der Waals surface area contributed by atoms with Gasteiger partial charge in [-0.2, -0.15) is 0 Å². The summed E-state index contributed by atoms with van der Waals surface area (Å²) in [5.74, 6) is 2.18. The molecule has 0 unspecified atom stereocenters. The zero-order chi connectivity index (χ0) is 13.9. The molecule has 3 heterocycles. The first-order valence-electron chi connectivity index (χ1n) is 6.86. The molecule has 7 heteroatoms. The van der Waals surface area contributed by atoms with Crippen molar-refractivity contribution in [2.75, 3.05) is 0 Å². The van der Waals surface area contributed by atoms with Gasteiger partial charge in [-0.15, -0.1) is 10.2 Å². The van der Waals surface area contributed by atoms with Gasteiger partial charge in [-0.05, 0) is 19.8 Å². The number of aromatic nitrogens is 4. The van der Waals surface area contributed by atoms with E-state index in [2.05, 4.69) is 25.2 Å². The summed E-state index contributed by atoms with van der Waals surface area (Å²) < 4.78 is 7.00. The molecule has 106 valence electrons. The van der Waals surface area contributed by atoms with Gasteiger partial charge in [0.25, 0.3) is 5.91 Å². The smallest absolute Gasteiger partial charge is 0.273 e. The monoisotopic (exact) mass is 275 g/mol. The summed E-state index contributed by atoms with van der Waals surface area (Å²) in [6.07, 6.45) is 4.47. The number of nitrogens with one attached hydrogen (secondary N) is 1. The normalized spacial score (nSPS) is 14.7. The third-order valence-electron chi connectivity index (χ3n) is 3.45. The van der Waals surface area contributed by atoms with Crippen LogP contribution in [0.5, 0.6) is 0 Å². The van der Waals surface area contributed by atoms with E-state index in [1.807, 2.05) is 0 Å². The maximum atomic E-state index is 11.9. The fourth-order valence-electron chi connectivity index (χ4n) is 2.40. The van der Waals surface area contributed by atoms with E-state index in [0.29, 0.717) is 12.3 Å². The zero-order valence-electron chi connectivity index (χ0n) is 11.4. The van der Waals surface area contributed by atoms with Gasteiger partial charge in [-0.25, -0.2) is 0 Å². The predicted molar refractivity (Wildman–Crippen MR) is 70.0 cm³/mol. The second-order valence-electron chi connectivity index (χ2n) is 5.00. The van der Waals surface area contributed by atoms with Gasteiger partial charge in [-0.3, -0.25) is 4.79 Å². The van der Waals surface area contributed by atoms with Crippen LogP contribution in [0, 0.1) is 6.92 Å². The number of aryl methyl sites for hydroxylation is 2. The first-order chi connectivity index (χ1) is 9.74. The molecule has 0 saturated carbocycles. The number of carbonyl (C=O) groups is 1. The van der Waals surface area contributed by atoms with Crippen LogP contribution in [0.15, 0.2) is 10.6 Å². The lowest BCUT2D eigenvalue weighted by Crippen LogP contribution is -2.25. The molecule has 1 aliphatic heterocycles. The van der Waals surface area contributed by atoms with Gasteiger partial charge in [0.1, 0.15) is 11.6 Å². The van der Waals surface area contributed by atoms with E-state index in [0.717, 1.165) is 37.5 Å². The Morgan fingerprint density at radius 1 is 1.40 bits per heavy atom. The molecule has 0 atom stereocenters. The van der Waals surface area contributed by atoms with Gasteiger partial charge < -0.3 is 14.4 Å². The molecule has 1 N–H and O–H groups in total. The van der Waals surface area contributed by atoms with Crippen LogP contribution in [0.1, 0.15) is 47.2 Å². The average Bonchev–Trinajstić information content (AvgIpc) is 2.96. The maximum absolute atomic E-state index is 11.9. The number of hydrogen-bond donors (Lipinski definition) is 1. The molecule has 0 aromatic carbocycles. The highest BCUT2D eigenvalue weighted by atomic mass is 16.5. The molecule has 2 aromatic heterocycles. The molecule has 3 rings (SSSR count). The highest BCUT2D eigenvalue weighted by Gasteiger charge is 2.16. The van der Waals surface area contributed by atoms with Crippen molar-refractivity contribution in [1.82, 2.24) is 25.2 Å². The summed E-state index contributed by atoms with van der Waals surface area (Å²) in [6.45, 7) is 3.04. The van der Waals surface area contributed by atoms with Gasteiger partial charge in [0.05, 0.1) is 6.54 Å². The Balaban J connectivity index is 1.67. The topological polar surface area (TPSA) is 85.8 Å². The number of amides is 1. The van der Waals surface area contributed by atoms with Crippen molar-refractivity contribution in [2.24, 2.45) is 0 Å². The molecule has 1 amide bonds. The summed E-state index contributed by atoms with van der Waals surface area (Å²) in [7, 11) is 0. The molecule has 0 fully saturated rings. The second kappa shape index (κ2) is 5.44. The Morgan fingerprint density at radius 3 is 3.10 bits per heavy atom. The molecule has 2 aromatic rings. The molecule has 0 saturated heterocycles. The zero-order valence-corrected chi connectivity index (χ0v) is 11.4. The third-order valence-corrected chi connectivity index (χ3v) is 3.45. The van der Waals surface area contributed by atoms with E-state index in [1.165, 1.54) is 6.42 Å². The Bertz CT molecular complexity index is 616. The van der Waals surface area contributed by atoms with Gasteiger partial charge in [0, 0.05) is 19.0 Å². The first-order valence-corrected chi connectivity index (χ1v) is 6.86. The molecule has 0 radical (unpaired) electrons. The SMILES string of the molecule is Cc1cc(C(=O)NCc2nnc3n2CCCCC3)no1. The van der Waals surface area contributed by atoms with Crippen molar-refractivity contribution in [3.63, 3.8) is 0 Å². The lowest BCUT2D eigenvalue weighted by atomic mass is 10.2. The average molecular weight is 275 g/mol. The minimum absolute atomic E-state index is 0.257. The van der Waals surface area contributed by atoms with Crippen molar-refractivity contribution in [3.05, 3.63) is 29.2 Å². The maximum Gasteiger partial charge on any atom is 0.273 e. The summed E-state index contributed by atoms with van der Waals surface area (Å²) in [5.41, 5.74) is 0.290. The molecular formula is C13H17N5O2. The van der Waals surface area contributed by atoms with E-state index in [-0.39, 0.29) is 11.6 Å². The van der Waals surface area contributed by atoms with E-state index < -0.39 is 0 Å². The van der Waals surface area contributed by atoms with Crippen molar-refractivity contribution in [1.29, 1.82) is 0 Å². The Hall–Kier alpha value is -2.18. The lowest BCUT2D eigenvalue weighted by Gasteiger charge is -2.07. The van der Waals surface area contributed by atoms with Gasteiger partial charge in [0.2, 0.25) is 0 Å². The molecule has 1 aliphatic rings. The predicted octanol–water partition coefficient (Wildman–Crippen LogP) is 1.23. The highest BCUT2D eigenvalue weighted by Crippen LogP contribution is 2.14. The quantitative estimate of drug-likeness (QED) is 0.910. The Kier molecular flexibility index (Phi) is 3.49. The molecule has 0 bridgehead atoms. The van der Waals surface area contributed by atoms with E-state index >= 15 is 0 Å². The largest absolute Gasteiger partial charge is 0.361 e. The van der Waals surface area contributed by atoms with Crippen LogP contribution >= 0.6 is 0 Å². The Morgan fingerprint density at radius 2 is 2.30 bits per heavy atom. The number of hydrogen-bond acceptors (Lipinski definition) is 5. The first kappa shape index (κ1) is 12.8. The molecule has 0 aliphatic carbocycles. The standard InChI is InChI=1S/C13H17N5O2/c1-9-7-10(17-20-9)13(19)14-8-12-16-15-11-5-3-2-4-6-18(11)12/h7H,2-6,8H2,1H3,(H,14,19). The van der Waals surface area contributed by atoms with Crippen molar-refractivity contribution < 1.29 is 9.32 Å².